The molecule has 32 heavy (non-hydrogen) atoms. The number of hydrogen-bond acceptors (Lipinski definition) is 4. The first-order valence-corrected chi connectivity index (χ1v) is 10.4. The van der Waals surface area contributed by atoms with Crippen LogP contribution < -0.4 is 0 Å². The number of carbonyl (C=O) groups excluding carboxylic acids is 1. The molecule has 1 aliphatic rings. The van der Waals surface area contributed by atoms with Gasteiger partial charge >= 0.3 is 6.18 Å². The monoisotopic (exact) mass is 439 g/mol. The van der Waals surface area contributed by atoms with Gasteiger partial charge in [-0.05, 0) is 50.1 Å². The minimum absolute atomic E-state index is 0.0833. The third kappa shape index (κ3) is 3.68. The summed E-state index contributed by atoms with van der Waals surface area (Å²) in [6.45, 7) is 2.56. The average molecular weight is 439 g/mol. The number of fused-ring (bicyclic) bond motifs is 2. The Balaban J connectivity index is 1.36. The second kappa shape index (κ2) is 7.58. The molecule has 0 bridgehead atoms. The number of piperidine rings is 1. The maximum Gasteiger partial charge on any atom is 0.433 e. The summed E-state index contributed by atoms with van der Waals surface area (Å²) in [6, 6.07) is 11.8. The summed E-state index contributed by atoms with van der Waals surface area (Å²) >= 11 is 0. The molecule has 164 valence electrons. The van der Waals surface area contributed by atoms with Crippen LogP contribution in [0.3, 0.4) is 0 Å². The van der Waals surface area contributed by atoms with Gasteiger partial charge in [-0.15, -0.1) is 0 Å². The van der Waals surface area contributed by atoms with E-state index in [9.17, 15) is 18.0 Å². The predicted octanol–water partition coefficient (Wildman–Crippen LogP) is 4.62. The highest BCUT2D eigenvalue weighted by molar-refractivity contribution is 5.98. The third-order valence-corrected chi connectivity index (χ3v) is 5.91. The standard InChI is InChI=1S/C23H20F3N5O/c1-14-11-21-28-19(13-20(23(24,25)26)31(21)29-14)15-6-9-30(10-7-15)22(32)17-4-5-18-16(12-17)3-2-8-27-18/h2-5,8,11-13,15H,6-7,9-10H2,1H3. The van der Waals surface area contributed by atoms with E-state index in [4.69, 9.17) is 0 Å². The Morgan fingerprint density at radius 3 is 2.62 bits per heavy atom. The van der Waals surface area contributed by atoms with Crippen molar-refractivity contribution in [1.29, 1.82) is 0 Å². The molecule has 9 heteroatoms. The van der Waals surface area contributed by atoms with E-state index in [1.54, 1.807) is 30.2 Å². The number of halogens is 3. The smallest absolute Gasteiger partial charge is 0.339 e. The van der Waals surface area contributed by atoms with Gasteiger partial charge in [0.2, 0.25) is 0 Å². The van der Waals surface area contributed by atoms with Gasteiger partial charge in [-0.25, -0.2) is 9.50 Å². The van der Waals surface area contributed by atoms with Gasteiger partial charge in [-0.2, -0.15) is 18.3 Å². The maximum atomic E-state index is 13.6. The first-order valence-electron chi connectivity index (χ1n) is 10.4. The van der Waals surface area contributed by atoms with Gasteiger partial charge in [0.1, 0.15) is 5.69 Å². The predicted molar refractivity (Wildman–Crippen MR) is 112 cm³/mol. The molecular formula is C23H20F3N5O. The van der Waals surface area contributed by atoms with Gasteiger partial charge in [-0.3, -0.25) is 9.78 Å². The van der Waals surface area contributed by atoms with Crippen molar-refractivity contribution in [3.63, 3.8) is 0 Å². The molecule has 0 atom stereocenters. The van der Waals surface area contributed by atoms with Crippen LogP contribution in [-0.2, 0) is 6.18 Å². The Kier molecular flexibility index (Phi) is 4.83. The lowest BCUT2D eigenvalue weighted by atomic mass is 9.92. The number of amides is 1. The zero-order valence-corrected chi connectivity index (χ0v) is 17.3. The number of aromatic nitrogens is 4. The topological polar surface area (TPSA) is 63.4 Å². The number of nitrogens with zero attached hydrogens (tertiary/aromatic N) is 5. The van der Waals surface area contributed by atoms with Crippen LogP contribution in [0.2, 0.25) is 0 Å². The second-order valence-corrected chi connectivity index (χ2v) is 8.10. The molecule has 1 saturated heterocycles. The highest BCUT2D eigenvalue weighted by atomic mass is 19.4. The molecule has 0 spiro atoms. The molecule has 4 heterocycles. The van der Waals surface area contributed by atoms with Crippen LogP contribution in [0.1, 0.15) is 46.2 Å². The van der Waals surface area contributed by atoms with E-state index >= 15 is 0 Å². The van der Waals surface area contributed by atoms with Crippen molar-refractivity contribution in [3.8, 4) is 0 Å². The Morgan fingerprint density at radius 1 is 1.09 bits per heavy atom. The Hall–Kier alpha value is -3.49. The van der Waals surface area contributed by atoms with E-state index in [0.29, 0.717) is 42.9 Å². The van der Waals surface area contributed by atoms with Gasteiger partial charge in [-0.1, -0.05) is 6.07 Å². The van der Waals surface area contributed by atoms with E-state index in [1.807, 2.05) is 24.3 Å². The fourth-order valence-electron chi connectivity index (χ4n) is 4.29. The number of rotatable bonds is 2. The first-order chi connectivity index (χ1) is 15.3. The van der Waals surface area contributed by atoms with Gasteiger partial charge in [0, 0.05) is 47.9 Å². The van der Waals surface area contributed by atoms with Crippen LogP contribution in [-0.4, -0.2) is 43.5 Å². The van der Waals surface area contributed by atoms with E-state index in [-0.39, 0.29) is 17.5 Å². The lowest BCUT2D eigenvalue weighted by Gasteiger charge is -2.32. The summed E-state index contributed by atoms with van der Waals surface area (Å²) in [4.78, 5) is 23.4. The molecule has 0 aliphatic carbocycles. The molecule has 0 N–H and O–H groups in total. The SMILES string of the molecule is Cc1cc2nc(C3CCN(C(=O)c4ccc5ncccc5c4)CC3)cc(C(F)(F)F)n2n1. The summed E-state index contributed by atoms with van der Waals surface area (Å²) < 4.78 is 41.6. The highest BCUT2D eigenvalue weighted by Crippen LogP contribution is 2.34. The first kappa shape index (κ1) is 20.4. The summed E-state index contributed by atoms with van der Waals surface area (Å²) in [5.74, 6) is -0.235. The van der Waals surface area contributed by atoms with Gasteiger partial charge in [0.05, 0.1) is 11.2 Å². The summed E-state index contributed by atoms with van der Waals surface area (Å²) in [5.41, 5.74) is 1.64. The summed E-state index contributed by atoms with van der Waals surface area (Å²) in [5, 5.41) is 4.82. The molecule has 1 aliphatic heterocycles. The Morgan fingerprint density at radius 2 is 1.88 bits per heavy atom. The molecule has 3 aromatic heterocycles. The molecule has 0 radical (unpaired) electrons. The van der Waals surface area contributed by atoms with Crippen LogP contribution in [0, 0.1) is 6.92 Å². The summed E-state index contributed by atoms with van der Waals surface area (Å²) in [6.07, 6.45) is -1.73. The number of carbonyl (C=O) groups is 1. The minimum Gasteiger partial charge on any atom is -0.339 e. The molecule has 1 fully saturated rings. The highest BCUT2D eigenvalue weighted by Gasteiger charge is 2.36. The Labute approximate surface area is 181 Å². The molecule has 0 saturated carbocycles. The van der Waals surface area contributed by atoms with Crippen molar-refractivity contribution < 1.29 is 18.0 Å². The lowest BCUT2D eigenvalue weighted by molar-refractivity contribution is -0.142. The molecule has 5 rings (SSSR count). The van der Waals surface area contributed by atoms with E-state index in [0.717, 1.165) is 21.5 Å². The number of aryl methyl sites for hydroxylation is 1. The quantitative estimate of drug-likeness (QED) is 0.457. The van der Waals surface area contributed by atoms with Gasteiger partial charge in [0.15, 0.2) is 5.65 Å². The van der Waals surface area contributed by atoms with Crippen LogP contribution in [0.15, 0.2) is 48.7 Å². The van der Waals surface area contributed by atoms with Crippen molar-refractivity contribution in [3.05, 3.63) is 71.3 Å². The number of alkyl halides is 3. The number of likely N-dealkylation sites (tertiary alicyclic amines) is 1. The van der Waals surface area contributed by atoms with Crippen LogP contribution >= 0.6 is 0 Å². The van der Waals surface area contributed by atoms with Crippen LogP contribution in [0.4, 0.5) is 13.2 Å². The minimum atomic E-state index is -4.53. The van der Waals surface area contributed by atoms with Crippen molar-refractivity contribution >= 4 is 22.5 Å². The van der Waals surface area contributed by atoms with Crippen molar-refractivity contribution in [1.82, 2.24) is 24.5 Å². The molecule has 0 unspecified atom stereocenters. The van der Waals surface area contributed by atoms with E-state index in [2.05, 4.69) is 15.1 Å². The maximum absolute atomic E-state index is 13.6. The van der Waals surface area contributed by atoms with Gasteiger partial charge < -0.3 is 4.90 Å². The van der Waals surface area contributed by atoms with Crippen LogP contribution in [0.25, 0.3) is 16.6 Å². The fourth-order valence-corrected chi connectivity index (χ4v) is 4.29. The zero-order valence-electron chi connectivity index (χ0n) is 17.3. The van der Waals surface area contributed by atoms with E-state index < -0.39 is 11.9 Å². The molecule has 1 amide bonds. The molecule has 6 nitrogen and oxygen atoms in total. The van der Waals surface area contributed by atoms with Crippen molar-refractivity contribution in [2.45, 2.75) is 31.9 Å². The lowest BCUT2D eigenvalue weighted by Crippen LogP contribution is -2.38. The van der Waals surface area contributed by atoms with Crippen molar-refractivity contribution in [2.24, 2.45) is 0 Å². The molecule has 1 aromatic carbocycles. The van der Waals surface area contributed by atoms with Crippen LogP contribution in [0.5, 0.6) is 0 Å². The second-order valence-electron chi connectivity index (χ2n) is 8.10. The largest absolute Gasteiger partial charge is 0.433 e. The normalized spacial score (nSPS) is 15.6. The number of pyridine rings is 1. The average Bonchev–Trinajstić information content (AvgIpc) is 3.17. The van der Waals surface area contributed by atoms with E-state index in [1.165, 1.54) is 0 Å². The fraction of sp³-hybridized carbons (Fsp3) is 0.304. The summed E-state index contributed by atoms with van der Waals surface area (Å²) in [7, 11) is 0. The third-order valence-electron chi connectivity index (χ3n) is 5.91. The molecular weight excluding hydrogens is 419 g/mol. The number of benzene rings is 1. The zero-order chi connectivity index (χ0) is 22.5. The van der Waals surface area contributed by atoms with Gasteiger partial charge in [0.25, 0.3) is 5.91 Å². The Bertz CT molecular complexity index is 1320. The molecule has 4 aromatic rings. The number of hydrogen-bond donors (Lipinski definition) is 0. The van der Waals surface area contributed by atoms with Crippen molar-refractivity contribution in [2.75, 3.05) is 13.1 Å².